The van der Waals surface area contributed by atoms with E-state index in [2.05, 4.69) is 0 Å². The van der Waals surface area contributed by atoms with Crippen molar-refractivity contribution in [1.82, 2.24) is 0 Å². The first-order valence-electron chi connectivity index (χ1n) is 3.29. The summed E-state index contributed by atoms with van der Waals surface area (Å²) in [4.78, 5) is 0. The van der Waals surface area contributed by atoms with Crippen molar-refractivity contribution in [3.05, 3.63) is 35.4 Å². The first kappa shape index (κ1) is 12.6. The molecule has 13 heavy (non-hydrogen) atoms. The normalized spacial score (nSPS) is 10.8. The molecule has 0 bridgehead atoms. The van der Waals surface area contributed by atoms with Gasteiger partial charge < -0.3 is 5.11 Å². The van der Waals surface area contributed by atoms with Crippen molar-refractivity contribution in [3.63, 3.8) is 0 Å². The predicted octanol–water partition coefficient (Wildman–Crippen LogP) is -1.43. The fourth-order valence-electron chi connectivity index (χ4n) is 0.923. The average Bonchev–Trinajstić information content (AvgIpc) is 2.03. The summed E-state index contributed by atoms with van der Waals surface area (Å²) in [7, 11) is 0. The van der Waals surface area contributed by atoms with Crippen LogP contribution in [-0.2, 0) is 12.8 Å². The van der Waals surface area contributed by atoms with Crippen LogP contribution in [-0.4, -0.2) is 0 Å². The molecule has 0 saturated heterocycles. The van der Waals surface area contributed by atoms with Gasteiger partial charge >= 0.3 is 25.0 Å². The minimum absolute atomic E-state index is 0. The van der Waals surface area contributed by atoms with E-state index < -0.39 is 18.3 Å². The van der Waals surface area contributed by atoms with Crippen LogP contribution in [0.1, 0.15) is 11.1 Å². The number of alkyl halides is 3. The van der Waals surface area contributed by atoms with Crippen molar-refractivity contribution in [3.8, 4) is 0 Å². The summed E-state index contributed by atoms with van der Waals surface area (Å²) in [5.41, 5.74) is -1.04. The average molecular weight is 182 g/mol. The maximum Gasteiger partial charge on any atom is 1.00 e. The first-order chi connectivity index (χ1) is 5.55. The minimum Gasteiger partial charge on any atom is -0.851 e. The fraction of sp³-hybridized carbons (Fsp3) is 0.250. The molecule has 1 aromatic carbocycles. The molecular formula is C8H6F3LiO. The molecule has 1 rings (SSSR count). The standard InChI is InChI=1S/C8H6F3O.Li/c9-8(10,11)7-4-2-1-3-6(7)5-12;/h1-4H,5H2;/q-1;+1. The Labute approximate surface area is 85.7 Å². The SMILES string of the molecule is [Li+].[O-]Cc1ccccc1C(F)(F)F. The van der Waals surface area contributed by atoms with E-state index in [0.717, 1.165) is 6.07 Å². The summed E-state index contributed by atoms with van der Waals surface area (Å²) in [5, 5.41) is 10.3. The summed E-state index contributed by atoms with van der Waals surface area (Å²) < 4.78 is 36.3. The Hall–Kier alpha value is -0.433. The van der Waals surface area contributed by atoms with Gasteiger partial charge in [0.1, 0.15) is 0 Å². The van der Waals surface area contributed by atoms with Crippen molar-refractivity contribution >= 4 is 0 Å². The van der Waals surface area contributed by atoms with Gasteiger partial charge in [0.25, 0.3) is 0 Å². The summed E-state index contributed by atoms with van der Waals surface area (Å²) in [5.74, 6) is 0. The Bertz CT molecular complexity index is 272. The van der Waals surface area contributed by atoms with E-state index in [1.165, 1.54) is 18.2 Å². The van der Waals surface area contributed by atoms with Gasteiger partial charge in [-0.15, -0.1) is 6.61 Å². The van der Waals surface area contributed by atoms with Gasteiger partial charge in [0.15, 0.2) is 0 Å². The Kier molecular flexibility index (Phi) is 4.55. The third-order valence-corrected chi connectivity index (χ3v) is 1.48. The fourth-order valence-corrected chi connectivity index (χ4v) is 0.923. The molecule has 0 heterocycles. The molecule has 66 valence electrons. The molecule has 1 nitrogen and oxygen atoms in total. The zero-order valence-electron chi connectivity index (χ0n) is 7.06. The zero-order valence-corrected chi connectivity index (χ0v) is 7.06. The molecule has 0 aliphatic carbocycles. The molecule has 0 N–H and O–H groups in total. The smallest absolute Gasteiger partial charge is 0.851 e. The van der Waals surface area contributed by atoms with Gasteiger partial charge in [-0.2, -0.15) is 13.2 Å². The van der Waals surface area contributed by atoms with Crippen LogP contribution in [0, 0.1) is 0 Å². The van der Waals surface area contributed by atoms with E-state index >= 15 is 0 Å². The minimum atomic E-state index is -4.42. The van der Waals surface area contributed by atoms with Gasteiger partial charge in [-0.3, -0.25) is 0 Å². The molecule has 0 aliphatic rings. The number of hydrogen-bond donors (Lipinski definition) is 0. The summed E-state index contributed by atoms with van der Waals surface area (Å²) in [6, 6.07) is 4.79. The Morgan fingerprint density at radius 3 is 2.08 bits per heavy atom. The Morgan fingerprint density at radius 2 is 1.69 bits per heavy atom. The van der Waals surface area contributed by atoms with Gasteiger partial charge in [0.05, 0.1) is 5.56 Å². The molecule has 1 aromatic rings. The van der Waals surface area contributed by atoms with E-state index in [0.29, 0.717) is 0 Å². The second kappa shape index (κ2) is 4.71. The molecule has 0 fully saturated rings. The second-order valence-electron chi connectivity index (χ2n) is 2.30. The van der Waals surface area contributed by atoms with E-state index in [1.807, 2.05) is 0 Å². The van der Waals surface area contributed by atoms with Crippen LogP contribution in [0.2, 0.25) is 0 Å². The van der Waals surface area contributed by atoms with E-state index in [9.17, 15) is 18.3 Å². The van der Waals surface area contributed by atoms with Crippen LogP contribution < -0.4 is 24.0 Å². The third-order valence-electron chi connectivity index (χ3n) is 1.48. The molecule has 0 atom stereocenters. The van der Waals surface area contributed by atoms with Gasteiger partial charge in [0.2, 0.25) is 0 Å². The quantitative estimate of drug-likeness (QED) is 0.488. The molecular weight excluding hydrogens is 176 g/mol. The monoisotopic (exact) mass is 182 g/mol. The number of hydrogen-bond acceptors (Lipinski definition) is 1. The largest absolute Gasteiger partial charge is 1.00 e. The molecule has 0 radical (unpaired) electrons. The van der Waals surface area contributed by atoms with E-state index in [1.54, 1.807) is 0 Å². The topological polar surface area (TPSA) is 23.1 Å². The Morgan fingerprint density at radius 1 is 1.15 bits per heavy atom. The van der Waals surface area contributed by atoms with Crippen LogP contribution in [0.5, 0.6) is 0 Å². The van der Waals surface area contributed by atoms with Crippen LogP contribution >= 0.6 is 0 Å². The molecule has 0 aromatic heterocycles. The van der Waals surface area contributed by atoms with Crippen molar-refractivity contribution in [2.75, 3.05) is 0 Å². The van der Waals surface area contributed by atoms with E-state index in [4.69, 9.17) is 0 Å². The maximum absolute atomic E-state index is 12.1. The Balaban J connectivity index is 0.00000144. The molecule has 0 spiro atoms. The van der Waals surface area contributed by atoms with Crippen LogP contribution in [0.3, 0.4) is 0 Å². The second-order valence-corrected chi connectivity index (χ2v) is 2.30. The number of benzene rings is 1. The number of halogens is 3. The molecule has 5 heteroatoms. The predicted molar refractivity (Wildman–Crippen MR) is 35.1 cm³/mol. The molecule has 0 saturated carbocycles. The number of rotatable bonds is 1. The third kappa shape index (κ3) is 3.07. The van der Waals surface area contributed by atoms with Crippen molar-refractivity contribution in [2.45, 2.75) is 12.8 Å². The van der Waals surface area contributed by atoms with Crippen LogP contribution in [0.4, 0.5) is 13.2 Å². The molecule has 0 amide bonds. The summed E-state index contributed by atoms with van der Waals surface area (Å²) in [6.45, 7) is -0.838. The summed E-state index contributed by atoms with van der Waals surface area (Å²) >= 11 is 0. The maximum atomic E-state index is 12.1. The van der Waals surface area contributed by atoms with Crippen molar-refractivity contribution in [2.24, 2.45) is 0 Å². The molecule has 0 unspecified atom stereocenters. The molecule has 0 aliphatic heterocycles. The van der Waals surface area contributed by atoms with Gasteiger partial charge in [0, 0.05) is 0 Å². The van der Waals surface area contributed by atoms with Crippen LogP contribution in [0.15, 0.2) is 24.3 Å². The van der Waals surface area contributed by atoms with Crippen molar-refractivity contribution in [1.29, 1.82) is 0 Å². The van der Waals surface area contributed by atoms with Crippen LogP contribution in [0.25, 0.3) is 0 Å². The van der Waals surface area contributed by atoms with Gasteiger partial charge in [-0.05, 0) is 6.07 Å². The van der Waals surface area contributed by atoms with Gasteiger partial charge in [-0.25, -0.2) is 0 Å². The zero-order chi connectivity index (χ0) is 9.19. The first-order valence-corrected chi connectivity index (χ1v) is 3.29. The summed E-state index contributed by atoms with van der Waals surface area (Å²) in [6.07, 6.45) is -4.42. The van der Waals surface area contributed by atoms with Gasteiger partial charge in [-0.1, -0.05) is 23.8 Å². The van der Waals surface area contributed by atoms with Crippen molar-refractivity contribution < 1.29 is 37.1 Å². The van der Waals surface area contributed by atoms with E-state index in [-0.39, 0.29) is 24.4 Å².